The van der Waals surface area contributed by atoms with Crippen LogP contribution in [-0.2, 0) is 28.9 Å². The molecule has 31 heavy (non-hydrogen) atoms. The van der Waals surface area contributed by atoms with E-state index in [9.17, 15) is 17.6 Å². The SMILES string of the molecule is COCCCS(=O)(=O)c1ccc(/C(=N\O[C@@H]2CCOC2)C(=O)Nc2ncc(F)s2)cc1. The molecule has 1 aromatic carbocycles. The zero-order chi connectivity index (χ0) is 22.3. The van der Waals surface area contributed by atoms with Crippen LogP contribution in [0.5, 0.6) is 0 Å². The van der Waals surface area contributed by atoms with Gasteiger partial charge in [-0.2, -0.15) is 4.39 Å². The van der Waals surface area contributed by atoms with Crippen LogP contribution in [0.15, 0.2) is 40.5 Å². The number of thiazole rings is 1. The molecule has 0 bridgehead atoms. The molecule has 0 aliphatic carbocycles. The summed E-state index contributed by atoms with van der Waals surface area (Å²) in [5, 5.41) is 5.96. The molecule has 0 unspecified atom stereocenters. The van der Waals surface area contributed by atoms with Gasteiger partial charge >= 0.3 is 0 Å². The molecule has 9 nitrogen and oxygen atoms in total. The van der Waals surface area contributed by atoms with Gasteiger partial charge in [0.15, 0.2) is 31.9 Å². The number of aromatic nitrogens is 1. The maximum atomic E-state index is 13.2. The third kappa shape index (κ3) is 6.53. The maximum absolute atomic E-state index is 13.2. The van der Waals surface area contributed by atoms with Gasteiger partial charge in [-0.25, -0.2) is 13.4 Å². The van der Waals surface area contributed by atoms with Crippen molar-refractivity contribution in [2.45, 2.75) is 23.8 Å². The molecule has 12 heteroatoms. The molecule has 2 heterocycles. The van der Waals surface area contributed by atoms with E-state index in [-0.39, 0.29) is 27.6 Å². The fraction of sp³-hybridized carbons (Fsp3) is 0.421. The first-order valence-electron chi connectivity index (χ1n) is 9.45. The number of hydrogen-bond donors (Lipinski definition) is 1. The lowest BCUT2D eigenvalue weighted by Crippen LogP contribution is -2.25. The number of oxime groups is 1. The Morgan fingerprint density at radius 1 is 1.39 bits per heavy atom. The van der Waals surface area contributed by atoms with Crippen LogP contribution in [0.3, 0.4) is 0 Å². The summed E-state index contributed by atoms with van der Waals surface area (Å²) in [6, 6.07) is 5.75. The number of carbonyl (C=O) groups excluding carboxylic acids is 1. The largest absolute Gasteiger partial charge is 0.389 e. The normalized spacial score (nSPS) is 17.0. The second kappa shape index (κ2) is 10.8. The first kappa shape index (κ1) is 23.3. The van der Waals surface area contributed by atoms with Crippen molar-refractivity contribution in [2.75, 3.05) is 38.0 Å². The van der Waals surface area contributed by atoms with Gasteiger partial charge in [0, 0.05) is 25.7 Å². The smallest absolute Gasteiger partial charge is 0.280 e. The summed E-state index contributed by atoms with van der Waals surface area (Å²) in [4.78, 5) is 22.0. The van der Waals surface area contributed by atoms with E-state index in [4.69, 9.17) is 14.3 Å². The monoisotopic (exact) mass is 471 g/mol. The van der Waals surface area contributed by atoms with Crippen molar-refractivity contribution in [1.29, 1.82) is 0 Å². The highest BCUT2D eigenvalue weighted by Gasteiger charge is 2.22. The van der Waals surface area contributed by atoms with Crippen LogP contribution in [0.1, 0.15) is 18.4 Å². The Labute approximate surface area is 183 Å². The molecule has 1 amide bonds. The van der Waals surface area contributed by atoms with Gasteiger partial charge < -0.3 is 14.3 Å². The first-order valence-corrected chi connectivity index (χ1v) is 11.9. The highest BCUT2D eigenvalue weighted by Crippen LogP contribution is 2.18. The minimum absolute atomic E-state index is 0.0535. The van der Waals surface area contributed by atoms with Crippen LogP contribution >= 0.6 is 11.3 Å². The molecular weight excluding hydrogens is 449 g/mol. The molecule has 1 fully saturated rings. The van der Waals surface area contributed by atoms with Gasteiger partial charge in [0.25, 0.3) is 5.91 Å². The summed E-state index contributed by atoms with van der Waals surface area (Å²) in [6.07, 6.45) is 1.71. The van der Waals surface area contributed by atoms with E-state index in [0.29, 0.717) is 49.6 Å². The Bertz CT molecular complexity index is 1020. The van der Waals surface area contributed by atoms with Crippen LogP contribution in [0.4, 0.5) is 9.52 Å². The molecule has 1 saturated heterocycles. The van der Waals surface area contributed by atoms with Gasteiger partial charge in [0.2, 0.25) is 0 Å². The Hall–Kier alpha value is -2.41. The van der Waals surface area contributed by atoms with E-state index >= 15 is 0 Å². The van der Waals surface area contributed by atoms with Gasteiger partial charge in [-0.05, 0) is 18.6 Å². The van der Waals surface area contributed by atoms with E-state index in [0.717, 1.165) is 6.20 Å². The third-order valence-corrected chi connectivity index (χ3v) is 6.86. The summed E-state index contributed by atoms with van der Waals surface area (Å²) in [5.74, 6) is -0.717. The van der Waals surface area contributed by atoms with Crippen molar-refractivity contribution in [3.8, 4) is 0 Å². The molecule has 2 aromatic rings. The number of anilines is 1. The predicted octanol–water partition coefficient (Wildman–Crippen LogP) is 2.24. The van der Waals surface area contributed by atoms with Gasteiger partial charge in [0.1, 0.15) is 0 Å². The Morgan fingerprint density at radius 2 is 2.16 bits per heavy atom. The second-order valence-corrected chi connectivity index (χ2v) is 9.73. The highest BCUT2D eigenvalue weighted by atomic mass is 32.2. The predicted molar refractivity (Wildman–Crippen MR) is 113 cm³/mol. The van der Waals surface area contributed by atoms with E-state index < -0.39 is 20.9 Å². The van der Waals surface area contributed by atoms with Crippen molar-refractivity contribution < 1.29 is 31.9 Å². The fourth-order valence-corrected chi connectivity index (χ4v) is 4.57. The van der Waals surface area contributed by atoms with Crippen LogP contribution < -0.4 is 5.32 Å². The molecule has 1 atom stereocenters. The number of carbonyl (C=O) groups is 1. The number of sulfone groups is 1. The summed E-state index contributed by atoms with van der Waals surface area (Å²) < 4.78 is 48.2. The zero-order valence-corrected chi connectivity index (χ0v) is 18.4. The van der Waals surface area contributed by atoms with Crippen LogP contribution in [-0.4, -0.2) is 63.8 Å². The van der Waals surface area contributed by atoms with Crippen molar-refractivity contribution >= 4 is 37.9 Å². The lowest BCUT2D eigenvalue weighted by atomic mass is 10.1. The maximum Gasteiger partial charge on any atom is 0.280 e. The lowest BCUT2D eigenvalue weighted by molar-refractivity contribution is -0.110. The highest BCUT2D eigenvalue weighted by molar-refractivity contribution is 7.91. The molecule has 1 aromatic heterocycles. The summed E-state index contributed by atoms with van der Waals surface area (Å²) >= 11 is 0.672. The fourth-order valence-electron chi connectivity index (χ4n) is 2.75. The molecule has 3 rings (SSSR count). The Kier molecular flexibility index (Phi) is 8.07. The number of amides is 1. The van der Waals surface area contributed by atoms with E-state index in [2.05, 4.69) is 15.5 Å². The minimum Gasteiger partial charge on any atom is -0.389 e. The van der Waals surface area contributed by atoms with Crippen molar-refractivity contribution in [3.63, 3.8) is 0 Å². The Morgan fingerprint density at radius 3 is 2.77 bits per heavy atom. The third-order valence-electron chi connectivity index (χ3n) is 4.34. The number of hydrogen-bond acceptors (Lipinski definition) is 9. The van der Waals surface area contributed by atoms with E-state index in [1.165, 1.54) is 31.4 Å². The van der Waals surface area contributed by atoms with Crippen molar-refractivity contribution in [3.05, 3.63) is 41.2 Å². The summed E-state index contributed by atoms with van der Waals surface area (Å²) in [7, 11) is -1.98. The van der Waals surface area contributed by atoms with Crippen LogP contribution in [0.25, 0.3) is 0 Å². The average molecular weight is 472 g/mol. The summed E-state index contributed by atoms with van der Waals surface area (Å²) in [6.45, 7) is 1.23. The lowest BCUT2D eigenvalue weighted by Gasteiger charge is -2.10. The molecule has 0 saturated carbocycles. The molecular formula is C19H22FN3O6S2. The number of nitrogens with one attached hydrogen (secondary N) is 1. The number of nitrogens with zero attached hydrogens (tertiary/aromatic N) is 2. The van der Waals surface area contributed by atoms with Gasteiger partial charge in [-0.15, -0.1) is 0 Å². The quantitative estimate of drug-likeness (QED) is 0.321. The minimum atomic E-state index is -3.48. The van der Waals surface area contributed by atoms with Crippen LogP contribution in [0, 0.1) is 5.13 Å². The molecule has 1 aliphatic rings. The van der Waals surface area contributed by atoms with Gasteiger partial charge in [-0.3, -0.25) is 10.1 Å². The van der Waals surface area contributed by atoms with Gasteiger partial charge in [0.05, 0.1) is 30.1 Å². The molecule has 168 valence electrons. The topological polar surface area (TPSA) is 116 Å². The number of rotatable bonds is 10. The zero-order valence-electron chi connectivity index (χ0n) is 16.7. The van der Waals surface area contributed by atoms with Crippen molar-refractivity contribution in [2.24, 2.45) is 5.16 Å². The second-order valence-electron chi connectivity index (χ2n) is 6.64. The number of benzene rings is 1. The van der Waals surface area contributed by atoms with Crippen molar-refractivity contribution in [1.82, 2.24) is 4.98 Å². The molecule has 1 aliphatic heterocycles. The molecule has 1 N–H and O–H groups in total. The van der Waals surface area contributed by atoms with Gasteiger partial charge in [-0.1, -0.05) is 28.6 Å². The summed E-state index contributed by atoms with van der Waals surface area (Å²) in [5.41, 5.74) is 0.245. The molecule has 0 spiro atoms. The number of methoxy groups -OCH3 is 1. The Balaban J connectivity index is 1.80. The van der Waals surface area contributed by atoms with E-state index in [1.54, 1.807) is 0 Å². The number of ether oxygens (including phenoxy) is 2. The average Bonchev–Trinajstić information content (AvgIpc) is 3.40. The molecule has 0 radical (unpaired) electrons. The van der Waals surface area contributed by atoms with E-state index in [1.807, 2.05) is 0 Å². The van der Waals surface area contributed by atoms with Crippen LogP contribution in [0.2, 0.25) is 0 Å². The standard InChI is InChI=1S/C19H22FN3O6S2/c1-27-8-2-10-31(25,26)15-5-3-13(4-6-15)17(23-29-14-7-9-28-12-14)18(24)22-19-21-11-16(20)30-19/h3-6,11,14H,2,7-10,12H2,1H3,(H,21,22,24)/b23-17+/t14-/m1/s1. The number of halogens is 1. The first-order chi connectivity index (χ1) is 14.9.